The van der Waals surface area contributed by atoms with Crippen LogP contribution in [0.2, 0.25) is 0 Å². The van der Waals surface area contributed by atoms with Gasteiger partial charge in [0.2, 0.25) is 0 Å². The highest BCUT2D eigenvalue weighted by molar-refractivity contribution is 6.04. The van der Waals surface area contributed by atoms with Crippen molar-refractivity contribution in [1.82, 2.24) is 25.1 Å². The van der Waals surface area contributed by atoms with E-state index in [0.717, 1.165) is 40.7 Å². The third-order valence-electron chi connectivity index (χ3n) is 4.21. The number of anilines is 1. The number of nitrogens with one attached hydrogen (secondary N) is 2. The van der Waals surface area contributed by atoms with E-state index in [0.29, 0.717) is 11.6 Å². The van der Waals surface area contributed by atoms with E-state index < -0.39 is 0 Å². The van der Waals surface area contributed by atoms with Gasteiger partial charge >= 0.3 is 0 Å². The molecule has 0 fully saturated rings. The average molecular weight is 315 g/mol. The lowest BCUT2D eigenvalue weighted by Crippen LogP contribution is -2.04. The summed E-state index contributed by atoms with van der Waals surface area (Å²) in [5.74, 6) is 0.367. The number of aromatic amines is 1. The molecule has 116 valence electrons. The zero-order chi connectivity index (χ0) is 15.9. The van der Waals surface area contributed by atoms with Crippen LogP contribution in [-0.4, -0.2) is 30.9 Å². The van der Waals surface area contributed by atoms with Crippen LogP contribution in [0.4, 0.5) is 5.95 Å². The zero-order valence-corrected chi connectivity index (χ0v) is 12.7. The van der Waals surface area contributed by atoms with Gasteiger partial charge < -0.3 is 4.98 Å². The zero-order valence-electron chi connectivity index (χ0n) is 12.7. The van der Waals surface area contributed by atoms with Crippen LogP contribution >= 0.6 is 0 Å². The van der Waals surface area contributed by atoms with Gasteiger partial charge in [-0.2, -0.15) is 10.1 Å². The summed E-state index contributed by atoms with van der Waals surface area (Å²) in [5, 5.41) is 13.8. The monoisotopic (exact) mass is 315 g/mol. The minimum Gasteiger partial charge on any atom is -0.338 e. The molecule has 7 heteroatoms. The normalized spacial score (nSPS) is 15.2. The smallest absolute Gasteiger partial charge is 0.265 e. The summed E-state index contributed by atoms with van der Waals surface area (Å²) >= 11 is 0. The molecule has 24 heavy (non-hydrogen) atoms. The molecule has 1 aromatic carbocycles. The van der Waals surface area contributed by atoms with Gasteiger partial charge in [0, 0.05) is 17.1 Å². The summed E-state index contributed by atoms with van der Waals surface area (Å²) in [6.07, 6.45) is 3.61. The van der Waals surface area contributed by atoms with Crippen molar-refractivity contribution < 1.29 is 0 Å². The van der Waals surface area contributed by atoms with Crippen molar-refractivity contribution in [2.24, 2.45) is 5.10 Å². The first-order chi connectivity index (χ1) is 11.9. The van der Waals surface area contributed by atoms with E-state index >= 15 is 0 Å². The molecule has 0 radical (unpaired) electrons. The fourth-order valence-corrected chi connectivity index (χ4v) is 3.07. The Kier molecular flexibility index (Phi) is 2.78. The Hall–Kier alpha value is -3.35. The number of aromatic nitrogens is 5. The molecule has 0 atom stereocenters. The molecule has 0 unspecified atom stereocenters. The molecule has 3 heterocycles. The largest absolute Gasteiger partial charge is 0.338 e. The number of fused-ring (bicyclic) bond motifs is 4. The molecule has 7 nitrogen and oxygen atoms in total. The van der Waals surface area contributed by atoms with Crippen LogP contribution in [-0.2, 0) is 6.42 Å². The van der Waals surface area contributed by atoms with Crippen LogP contribution in [0, 0.1) is 0 Å². The molecule has 0 bridgehead atoms. The second kappa shape index (κ2) is 5.09. The van der Waals surface area contributed by atoms with Crippen molar-refractivity contribution >= 4 is 33.7 Å². The summed E-state index contributed by atoms with van der Waals surface area (Å²) in [6, 6.07) is 12.0. The van der Waals surface area contributed by atoms with Gasteiger partial charge in [-0.05, 0) is 30.5 Å². The summed E-state index contributed by atoms with van der Waals surface area (Å²) in [4.78, 5) is 12.1. The second-order valence-corrected chi connectivity index (χ2v) is 5.68. The topological polar surface area (TPSA) is 91.7 Å². The van der Waals surface area contributed by atoms with Crippen LogP contribution in [0.5, 0.6) is 0 Å². The minimum atomic E-state index is 0.367. The first-order valence-corrected chi connectivity index (χ1v) is 7.76. The molecular weight excluding hydrogens is 302 g/mol. The number of benzene rings is 1. The highest BCUT2D eigenvalue weighted by Gasteiger charge is 2.18. The first-order valence-electron chi connectivity index (χ1n) is 7.76. The average Bonchev–Trinajstić information content (AvgIpc) is 3.20. The molecular formula is C17H13N7. The number of para-hydroxylation sites is 1. The number of aryl methyl sites for hydroxylation is 1. The number of hydrogen-bond acceptors (Lipinski definition) is 6. The van der Waals surface area contributed by atoms with Crippen molar-refractivity contribution in [2.45, 2.75) is 12.8 Å². The predicted molar refractivity (Wildman–Crippen MR) is 91.9 cm³/mol. The highest BCUT2D eigenvalue weighted by Crippen LogP contribution is 2.22. The van der Waals surface area contributed by atoms with Gasteiger partial charge in [0.25, 0.3) is 5.95 Å². The molecule has 0 aliphatic heterocycles. The summed E-state index contributed by atoms with van der Waals surface area (Å²) in [6.45, 7) is 0. The molecule has 4 aromatic rings. The Morgan fingerprint density at radius 1 is 1.04 bits per heavy atom. The van der Waals surface area contributed by atoms with Gasteiger partial charge in [0.15, 0.2) is 5.65 Å². The van der Waals surface area contributed by atoms with E-state index in [1.54, 1.807) is 6.20 Å². The van der Waals surface area contributed by atoms with Crippen LogP contribution in [0.25, 0.3) is 22.1 Å². The molecule has 0 saturated carbocycles. The van der Waals surface area contributed by atoms with Crippen molar-refractivity contribution in [1.29, 1.82) is 0 Å². The van der Waals surface area contributed by atoms with Crippen molar-refractivity contribution in [3.8, 4) is 0 Å². The van der Waals surface area contributed by atoms with E-state index in [1.807, 2.05) is 30.3 Å². The van der Waals surface area contributed by atoms with Crippen molar-refractivity contribution in [2.75, 3.05) is 5.43 Å². The number of hydrazone groups is 1. The molecule has 0 spiro atoms. The molecule has 0 amide bonds. The van der Waals surface area contributed by atoms with Gasteiger partial charge in [-0.25, -0.2) is 5.43 Å². The lowest BCUT2D eigenvalue weighted by atomic mass is 10.2. The Balaban J connectivity index is 1.50. The maximum Gasteiger partial charge on any atom is 0.265 e. The molecule has 2 N–H and O–H groups in total. The van der Waals surface area contributed by atoms with Crippen molar-refractivity contribution in [3.05, 3.63) is 53.9 Å². The number of nitrogens with zero attached hydrogens (tertiary/aromatic N) is 5. The second-order valence-electron chi connectivity index (χ2n) is 5.68. The minimum absolute atomic E-state index is 0.367. The van der Waals surface area contributed by atoms with Crippen molar-refractivity contribution in [3.63, 3.8) is 0 Å². The molecule has 5 rings (SSSR count). The van der Waals surface area contributed by atoms with Gasteiger partial charge in [-0.15, -0.1) is 10.2 Å². The van der Waals surface area contributed by atoms with E-state index in [4.69, 9.17) is 0 Å². The predicted octanol–water partition coefficient (Wildman–Crippen LogP) is 2.66. The third-order valence-corrected chi connectivity index (χ3v) is 4.21. The Labute approximate surface area is 136 Å². The van der Waals surface area contributed by atoms with Crippen LogP contribution in [0.15, 0.2) is 47.7 Å². The van der Waals surface area contributed by atoms with E-state index in [9.17, 15) is 0 Å². The lowest BCUT2D eigenvalue weighted by molar-refractivity contribution is 1.00. The van der Waals surface area contributed by atoms with Crippen LogP contribution < -0.4 is 5.43 Å². The molecule has 3 aromatic heterocycles. The number of rotatable bonds is 2. The van der Waals surface area contributed by atoms with Gasteiger partial charge in [0.05, 0.1) is 11.4 Å². The maximum atomic E-state index is 4.46. The standard InChI is InChI=1S/C17H13N7/c1-2-6-12-11(5-1)15-16(19-12)20-17(24-22-15)23-21-13-8-7-10-4-3-9-18-14(10)13/h1-6,9H,7-8H2,(H2,19,20,23,24)/b21-13+. The first kappa shape index (κ1) is 13.1. The third kappa shape index (κ3) is 2.02. The summed E-state index contributed by atoms with van der Waals surface area (Å²) < 4.78 is 0. The van der Waals surface area contributed by atoms with Gasteiger partial charge in [-0.3, -0.25) is 4.98 Å². The summed E-state index contributed by atoms with van der Waals surface area (Å²) in [5.41, 5.74) is 8.45. The van der Waals surface area contributed by atoms with E-state index in [2.05, 4.69) is 41.7 Å². The molecule has 1 aliphatic carbocycles. The fourth-order valence-electron chi connectivity index (χ4n) is 3.07. The fraction of sp³-hybridized carbons (Fsp3) is 0.118. The number of hydrogen-bond donors (Lipinski definition) is 2. The lowest BCUT2D eigenvalue weighted by Gasteiger charge is -2.00. The molecule has 1 aliphatic rings. The number of pyridine rings is 1. The van der Waals surface area contributed by atoms with E-state index in [-0.39, 0.29) is 0 Å². The highest BCUT2D eigenvalue weighted by atomic mass is 15.4. The Morgan fingerprint density at radius 3 is 3.00 bits per heavy atom. The quantitative estimate of drug-likeness (QED) is 0.555. The van der Waals surface area contributed by atoms with Gasteiger partial charge in [0.1, 0.15) is 5.52 Å². The van der Waals surface area contributed by atoms with Crippen LogP contribution in [0.1, 0.15) is 17.7 Å². The SMILES string of the molecule is c1cnc2c(c1)CC/C2=N\Nc1nnc2c(n1)[nH]c1ccccc12. The van der Waals surface area contributed by atoms with Crippen LogP contribution in [0.3, 0.4) is 0 Å². The Morgan fingerprint density at radius 2 is 2.00 bits per heavy atom. The summed E-state index contributed by atoms with van der Waals surface area (Å²) in [7, 11) is 0. The van der Waals surface area contributed by atoms with E-state index in [1.165, 1.54) is 5.56 Å². The number of H-pyrrole nitrogens is 1. The van der Waals surface area contributed by atoms with Gasteiger partial charge in [-0.1, -0.05) is 24.3 Å². The maximum absolute atomic E-state index is 4.46. The molecule has 0 saturated heterocycles. The Bertz CT molecular complexity index is 1100.